The Morgan fingerprint density at radius 1 is 1.05 bits per heavy atom. The Labute approximate surface area is 120 Å². The molecule has 3 nitrogen and oxygen atoms in total. The van der Waals surface area contributed by atoms with Crippen molar-refractivity contribution in [3.63, 3.8) is 0 Å². The molecule has 0 bridgehead atoms. The number of rotatable bonds is 3. The first kappa shape index (κ1) is 14.1. The maximum Gasteiger partial charge on any atom is 0.321 e. The van der Waals surface area contributed by atoms with Crippen LogP contribution >= 0.6 is 0 Å². The fourth-order valence-corrected chi connectivity index (χ4v) is 2.03. The quantitative estimate of drug-likeness (QED) is 0.897. The van der Waals surface area contributed by atoms with Crippen LogP contribution < -0.4 is 5.32 Å². The van der Waals surface area contributed by atoms with Crippen molar-refractivity contribution < 1.29 is 4.79 Å². The van der Waals surface area contributed by atoms with Gasteiger partial charge >= 0.3 is 6.03 Å². The lowest BCUT2D eigenvalue weighted by Crippen LogP contribution is -2.31. The average molecular weight is 268 g/mol. The Balaban J connectivity index is 2.03. The number of aryl methyl sites for hydroxylation is 1. The largest absolute Gasteiger partial charge is 0.323 e. The molecule has 0 saturated heterocycles. The first-order valence-electron chi connectivity index (χ1n) is 6.70. The first-order valence-corrected chi connectivity index (χ1v) is 6.70. The molecular formula is C17H20N2O. The molecule has 0 atom stereocenters. The van der Waals surface area contributed by atoms with Crippen LogP contribution in [0.15, 0.2) is 48.5 Å². The van der Waals surface area contributed by atoms with E-state index in [2.05, 4.69) is 5.32 Å². The molecule has 0 radical (unpaired) electrons. The number of nitrogens with one attached hydrogen (secondary N) is 1. The molecule has 0 aromatic heterocycles. The van der Waals surface area contributed by atoms with Gasteiger partial charge in [-0.05, 0) is 36.6 Å². The van der Waals surface area contributed by atoms with Crippen molar-refractivity contribution in [2.75, 3.05) is 12.4 Å². The minimum atomic E-state index is -0.0949. The Morgan fingerprint density at radius 2 is 1.75 bits per heavy atom. The fraction of sp³-hybridized carbons (Fsp3) is 0.235. The topological polar surface area (TPSA) is 32.3 Å². The van der Waals surface area contributed by atoms with Crippen LogP contribution in [0.1, 0.15) is 16.7 Å². The van der Waals surface area contributed by atoms with Gasteiger partial charge in [-0.15, -0.1) is 0 Å². The molecule has 0 aliphatic rings. The molecule has 0 spiro atoms. The average Bonchev–Trinajstić information content (AvgIpc) is 2.45. The number of anilines is 1. The molecule has 104 valence electrons. The van der Waals surface area contributed by atoms with Crippen LogP contribution in [-0.4, -0.2) is 18.0 Å². The van der Waals surface area contributed by atoms with E-state index >= 15 is 0 Å². The molecule has 0 unspecified atom stereocenters. The Morgan fingerprint density at radius 3 is 2.45 bits per heavy atom. The van der Waals surface area contributed by atoms with E-state index in [1.165, 1.54) is 5.56 Å². The summed E-state index contributed by atoms with van der Waals surface area (Å²) in [6, 6.07) is 15.8. The highest BCUT2D eigenvalue weighted by Crippen LogP contribution is 2.18. The Hall–Kier alpha value is -2.29. The summed E-state index contributed by atoms with van der Waals surface area (Å²) in [5.74, 6) is 0. The summed E-state index contributed by atoms with van der Waals surface area (Å²) in [5, 5.41) is 2.96. The van der Waals surface area contributed by atoms with Gasteiger partial charge in [0, 0.05) is 19.3 Å². The summed E-state index contributed by atoms with van der Waals surface area (Å²) in [6.45, 7) is 4.65. The van der Waals surface area contributed by atoms with Gasteiger partial charge in [0.25, 0.3) is 0 Å². The van der Waals surface area contributed by atoms with Crippen molar-refractivity contribution in [1.82, 2.24) is 4.90 Å². The summed E-state index contributed by atoms with van der Waals surface area (Å²) >= 11 is 0. The summed E-state index contributed by atoms with van der Waals surface area (Å²) < 4.78 is 0. The molecular weight excluding hydrogens is 248 g/mol. The van der Waals surface area contributed by atoms with Crippen molar-refractivity contribution in [3.8, 4) is 0 Å². The van der Waals surface area contributed by atoms with Crippen LogP contribution in [0, 0.1) is 13.8 Å². The second-order valence-electron chi connectivity index (χ2n) is 5.02. The van der Waals surface area contributed by atoms with Gasteiger partial charge in [-0.25, -0.2) is 4.79 Å². The summed E-state index contributed by atoms with van der Waals surface area (Å²) in [4.78, 5) is 13.9. The van der Waals surface area contributed by atoms with Gasteiger partial charge in [-0.2, -0.15) is 0 Å². The zero-order valence-corrected chi connectivity index (χ0v) is 12.2. The molecule has 0 aliphatic carbocycles. The monoisotopic (exact) mass is 268 g/mol. The number of benzene rings is 2. The summed E-state index contributed by atoms with van der Waals surface area (Å²) in [5.41, 5.74) is 4.27. The van der Waals surface area contributed by atoms with E-state index < -0.39 is 0 Å². The van der Waals surface area contributed by atoms with Gasteiger partial charge in [0.2, 0.25) is 0 Å². The standard InChI is InChI=1S/C17H20N2O/c1-13-8-7-11-16(14(13)2)18-17(20)19(3)12-15-9-5-4-6-10-15/h4-11H,12H2,1-3H3,(H,18,20). The number of carbonyl (C=O) groups is 1. The lowest BCUT2D eigenvalue weighted by atomic mass is 10.1. The third-order valence-corrected chi connectivity index (χ3v) is 3.46. The fourth-order valence-electron chi connectivity index (χ4n) is 2.03. The zero-order chi connectivity index (χ0) is 14.5. The lowest BCUT2D eigenvalue weighted by Gasteiger charge is -2.19. The summed E-state index contributed by atoms with van der Waals surface area (Å²) in [6.07, 6.45) is 0. The predicted octanol–water partition coefficient (Wildman–Crippen LogP) is 3.97. The number of hydrogen-bond acceptors (Lipinski definition) is 1. The highest BCUT2D eigenvalue weighted by atomic mass is 16.2. The highest BCUT2D eigenvalue weighted by Gasteiger charge is 2.10. The minimum Gasteiger partial charge on any atom is -0.323 e. The van der Waals surface area contributed by atoms with E-state index in [1.54, 1.807) is 11.9 Å². The third-order valence-electron chi connectivity index (χ3n) is 3.46. The van der Waals surface area contributed by atoms with Crippen LogP contribution in [0.25, 0.3) is 0 Å². The van der Waals surface area contributed by atoms with Gasteiger partial charge in [0.1, 0.15) is 0 Å². The Kier molecular flexibility index (Phi) is 4.41. The van der Waals surface area contributed by atoms with Crippen LogP contribution in [0.4, 0.5) is 10.5 Å². The van der Waals surface area contributed by atoms with Crippen molar-refractivity contribution in [2.45, 2.75) is 20.4 Å². The molecule has 2 amide bonds. The van der Waals surface area contributed by atoms with Crippen molar-refractivity contribution in [1.29, 1.82) is 0 Å². The molecule has 0 saturated carbocycles. The normalized spacial score (nSPS) is 10.2. The second kappa shape index (κ2) is 6.24. The maximum absolute atomic E-state index is 12.2. The van der Waals surface area contributed by atoms with Gasteiger partial charge in [-0.3, -0.25) is 0 Å². The van der Waals surface area contributed by atoms with E-state index in [1.807, 2.05) is 62.4 Å². The van der Waals surface area contributed by atoms with Gasteiger partial charge in [0.15, 0.2) is 0 Å². The second-order valence-corrected chi connectivity index (χ2v) is 5.02. The minimum absolute atomic E-state index is 0.0949. The molecule has 0 heterocycles. The van der Waals surface area contributed by atoms with E-state index in [4.69, 9.17) is 0 Å². The number of nitrogens with zero attached hydrogens (tertiary/aromatic N) is 1. The smallest absolute Gasteiger partial charge is 0.321 e. The van der Waals surface area contributed by atoms with Gasteiger partial charge < -0.3 is 10.2 Å². The third kappa shape index (κ3) is 3.38. The molecule has 2 aromatic carbocycles. The van der Waals surface area contributed by atoms with Gasteiger partial charge in [-0.1, -0.05) is 42.5 Å². The van der Waals surface area contributed by atoms with E-state index in [0.717, 1.165) is 16.8 Å². The summed E-state index contributed by atoms with van der Waals surface area (Å²) in [7, 11) is 1.80. The van der Waals surface area contributed by atoms with Crippen molar-refractivity contribution in [2.24, 2.45) is 0 Å². The van der Waals surface area contributed by atoms with Gasteiger partial charge in [0.05, 0.1) is 0 Å². The van der Waals surface area contributed by atoms with Crippen molar-refractivity contribution >= 4 is 11.7 Å². The van der Waals surface area contributed by atoms with Crippen LogP contribution in [0.5, 0.6) is 0 Å². The molecule has 0 fully saturated rings. The SMILES string of the molecule is Cc1cccc(NC(=O)N(C)Cc2ccccc2)c1C. The zero-order valence-electron chi connectivity index (χ0n) is 12.2. The lowest BCUT2D eigenvalue weighted by molar-refractivity contribution is 0.220. The molecule has 20 heavy (non-hydrogen) atoms. The van der Waals surface area contributed by atoms with E-state index in [0.29, 0.717) is 6.54 Å². The first-order chi connectivity index (χ1) is 9.58. The maximum atomic E-state index is 12.2. The van der Waals surface area contributed by atoms with Crippen LogP contribution in [0.2, 0.25) is 0 Å². The number of urea groups is 1. The number of hydrogen-bond donors (Lipinski definition) is 1. The predicted molar refractivity (Wildman–Crippen MR) is 82.8 cm³/mol. The molecule has 2 rings (SSSR count). The van der Waals surface area contributed by atoms with E-state index in [9.17, 15) is 4.79 Å². The molecule has 3 heteroatoms. The number of amides is 2. The molecule has 2 aromatic rings. The van der Waals surface area contributed by atoms with Crippen LogP contribution in [0.3, 0.4) is 0 Å². The van der Waals surface area contributed by atoms with Crippen LogP contribution in [-0.2, 0) is 6.54 Å². The molecule has 0 aliphatic heterocycles. The number of carbonyl (C=O) groups excluding carboxylic acids is 1. The Bertz CT molecular complexity index is 593. The molecule has 1 N–H and O–H groups in total. The van der Waals surface area contributed by atoms with E-state index in [-0.39, 0.29) is 6.03 Å². The van der Waals surface area contributed by atoms with Crippen molar-refractivity contribution in [3.05, 3.63) is 65.2 Å². The highest BCUT2D eigenvalue weighted by molar-refractivity contribution is 5.90.